The van der Waals surface area contributed by atoms with E-state index in [-0.39, 0.29) is 17.6 Å². The lowest BCUT2D eigenvalue weighted by Gasteiger charge is -2.33. The maximum absolute atomic E-state index is 13.8. The highest BCUT2D eigenvalue weighted by Gasteiger charge is 2.25. The molecule has 120 valence electrons. The van der Waals surface area contributed by atoms with E-state index in [2.05, 4.69) is 10.3 Å². The maximum atomic E-state index is 13.8. The van der Waals surface area contributed by atoms with Crippen LogP contribution >= 0.6 is 0 Å². The number of hydrogen-bond acceptors (Lipinski definition) is 3. The number of anilines is 1. The number of carbonyl (C=O) groups excluding carboxylic acids is 1. The van der Waals surface area contributed by atoms with Gasteiger partial charge in [-0.2, -0.15) is 0 Å². The number of carbonyl (C=O) groups is 1. The Hall–Kier alpha value is -2.43. The zero-order valence-electron chi connectivity index (χ0n) is 12.9. The molecule has 1 aromatic carbocycles. The molecule has 1 amide bonds. The fraction of sp³-hybridized carbons (Fsp3) is 0.333. The van der Waals surface area contributed by atoms with Crippen LogP contribution in [-0.2, 0) is 11.3 Å². The van der Waals surface area contributed by atoms with E-state index in [0.717, 1.165) is 18.5 Å². The van der Waals surface area contributed by atoms with E-state index < -0.39 is 0 Å². The minimum atomic E-state index is -0.203. The molecule has 2 aromatic rings. The highest BCUT2D eigenvalue weighted by Crippen LogP contribution is 2.25. The fourth-order valence-corrected chi connectivity index (χ4v) is 2.92. The number of aromatic nitrogens is 1. The van der Waals surface area contributed by atoms with Gasteiger partial charge in [0.25, 0.3) is 0 Å². The third-order valence-corrected chi connectivity index (χ3v) is 4.23. The highest BCUT2D eigenvalue weighted by molar-refractivity contribution is 5.79. The zero-order chi connectivity index (χ0) is 16.1. The van der Waals surface area contributed by atoms with Crippen LogP contribution in [0.25, 0.3) is 0 Å². The van der Waals surface area contributed by atoms with Crippen molar-refractivity contribution in [2.24, 2.45) is 5.92 Å². The first kappa shape index (κ1) is 15.5. The normalized spacial score (nSPS) is 15.4. The minimum Gasteiger partial charge on any atom is -0.369 e. The average Bonchev–Trinajstić information content (AvgIpc) is 2.61. The average molecular weight is 313 g/mol. The SMILES string of the molecule is O=C(NCc1ccccn1)C1CCN(c2ccccc2F)CC1. The van der Waals surface area contributed by atoms with Gasteiger partial charge in [-0.3, -0.25) is 9.78 Å². The van der Waals surface area contributed by atoms with Crippen LogP contribution in [0.2, 0.25) is 0 Å². The van der Waals surface area contributed by atoms with E-state index in [1.54, 1.807) is 18.3 Å². The highest BCUT2D eigenvalue weighted by atomic mass is 19.1. The molecule has 1 fully saturated rings. The first-order chi connectivity index (χ1) is 11.2. The molecule has 1 saturated heterocycles. The second-order valence-corrected chi connectivity index (χ2v) is 5.75. The Kier molecular flexibility index (Phi) is 4.86. The summed E-state index contributed by atoms with van der Waals surface area (Å²) in [4.78, 5) is 18.5. The van der Waals surface area contributed by atoms with Crippen LogP contribution in [0.5, 0.6) is 0 Å². The molecule has 2 heterocycles. The maximum Gasteiger partial charge on any atom is 0.223 e. The molecule has 0 bridgehead atoms. The van der Waals surface area contributed by atoms with Crippen LogP contribution in [-0.4, -0.2) is 24.0 Å². The van der Waals surface area contributed by atoms with Gasteiger partial charge in [-0.05, 0) is 37.1 Å². The number of amides is 1. The lowest BCUT2D eigenvalue weighted by atomic mass is 9.95. The first-order valence-corrected chi connectivity index (χ1v) is 7.91. The standard InChI is InChI=1S/C18H20FN3O/c19-16-6-1-2-7-17(16)22-11-8-14(9-12-22)18(23)21-13-15-5-3-4-10-20-15/h1-7,10,14H,8-9,11-13H2,(H,21,23). The van der Waals surface area contributed by atoms with Crippen LogP contribution in [0.1, 0.15) is 18.5 Å². The summed E-state index contributed by atoms with van der Waals surface area (Å²) in [7, 11) is 0. The number of benzene rings is 1. The van der Waals surface area contributed by atoms with Gasteiger partial charge in [-0.25, -0.2) is 4.39 Å². The van der Waals surface area contributed by atoms with Gasteiger partial charge in [0.05, 0.1) is 17.9 Å². The van der Waals surface area contributed by atoms with Crippen molar-refractivity contribution >= 4 is 11.6 Å². The van der Waals surface area contributed by atoms with Gasteiger partial charge < -0.3 is 10.2 Å². The van der Waals surface area contributed by atoms with Crippen molar-refractivity contribution in [3.05, 3.63) is 60.2 Å². The van der Waals surface area contributed by atoms with Crippen LogP contribution in [0.4, 0.5) is 10.1 Å². The van der Waals surface area contributed by atoms with Crippen molar-refractivity contribution in [3.63, 3.8) is 0 Å². The molecule has 0 aliphatic carbocycles. The molecule has 0 unspecified atom stereocenters. The smallest absolute Gasteiger partial charge is 0.223 e. The van der Waals surface area contributed by atoms with Gasteiger partial charge in [0, 0.05) is 25.2 Å². The monoisotopic (exact) mass is 313 g/mol. The second-order valence-electron chi connectivity index (χ2n) is 5.75. The largest absolute Gasteiger partial charge is 0.369 e. The minimum absolute atomic E-state index is 0.0123. The number of halogens is 1. The van der Waals surface area contributed by atoms with Crippen LogP contribution in [0.3, 0.4) is 0 Å². The Balaban J connectivity index is 1.50. The molecule has 1 aliphatic heterocycles. The number of hydrogen-bond donors (Lipinski definition) is 1. The lowest BCUT2D eigenvalue weighted by molar-refractivity contribution is -0.125. The Morgan fingerprint density at radius 2 is 1.91 bits per heavy atom. The molecule has 1 aromatic heterocycles. The number of nitrogens with one attached hydrogen (secondary N) is 1. The van der Waals surface area contributed by atoms with E-state index in [0.29, 0.717) is 25.3 Å². The summed E-state index contributed by atoms with van der Waals surface area (Å²) in [5.74, 6) is -0.156. The zero-order valence-corrected chi connectivity index (χ0v) is 12.9. The fourth-order valence-electron chi connectivity index (χ4n) is 2.92. The van der Waals surface area contributed by atoms with Crippen molar-refractivity contribution in [3.8, 4) is 0 Å². The number of para-hydroxylation sites is 1. The van der Waals surface area contributed by atoms with E-state index in [9.17, 15) is 9.18 Å². The van der Waals surface area contributed by atoms with Crippen molar-refractivity contribution < 1.29 is 9.18 Å². The molecule has 5 heteroatoms. The molecule has 3 rings (SSSR count). The van der Waals surface area contributed by atoms with Gasteiger partial charge >= 0.3 is 0 Å². The topological polar surface area (TPSA) is 45.2 Å². The predicted molar refractivity (Wildman–Crippen MR) is 87.4 cm³/mol. The molecule has 23 heavy (non-hydrogen) atoms. The lowest BCUT2D eigenvalue weighted by Crippen LogP contribution is -2.40. The predicted octanol–water partition coefficient (Wildman–Crippen LogP) is 2.75. The van der Waals surface area contributed by atoms with Crippen LogP contribution in [0, 0.1) is 11.7 Å². The van der Waals surface area contributed by atoms with Gasteiger partial charge in [0.1, 0.15) is 5.82 Å². The summed E-state index contributed by atoms with van der Waals surface area (Å²) in [5, 5.41) is 2.94. The van der Waals surface area contributed by atoms with Crippen molar-refractivity contribution in [1.82, 2.24) is 10.3 Å². The molecule has 4 nitrogen and oxygen atoms in total. The molecular formula is C18H20FN3O. The Morgan fingerprint density at radius 3 is 2.61 bits per heavy atom. The van der Waals surface area contributed by atoms with Crippen molar-refractivity contribution in [2.45, 2.75) is 19.4 Å². The van der Waals surface area contributed by atoms with Gasteiger partial charge in [-0.15, -0.1) is 0 Å². The third kappa shape index (κ3) is 3.86. The van der Waals surface area contributed by atoms with Crippen LogP contribution in [0.15, 0.2) is 48.7 Å². The molecule has 0 atom stereocenters. The van der Waals surface area contributed by atoms with E-state index in [1.165, 1.54) is 6.07 Å². The molecule has 0 radical (unpaired) electrons. The number of pyridine rings is 1. The Bertz CT molecular complexity index is 654. The Morgan fingerprint density at radius 1 is 1.17 bits per heavy atom. The molecule has 1 N–H and O–H groups in total. The first-order valence-electron chi connectivity index (χ1n) is 7.91. The number of piperidine rings is 1. The van der Waals surface area contributed by atoms with Crippen molar-refractivity contribution in [1.29, 1.82) is 0 Å². The second kappa shape index (κ2) is 7.22. The van der Waals surface area contributed by atoms with Crippen molar-refractivity contribution in [2.75, 3.05) is 18.0 Å². The summed E-state index contributed by atoms with van der Waals surface area (Å²) in [6, 6.07) is 12.4. The number of nitrogens with zero attached hydrogens (tertiary/aromatic N) is 2. The van der Waals surface area contributed by atoms with E-state index >= 15 is 0 Å². The van der Waals surface area contributed by atoms with Gasteiger partial charge in [-0.1, -0.05) is 18.2 Å². The molecule has 0 spiro atoms. The van der Waals surface area contributed by atoms with E-state index in [1.807, 2.05) is 29.2 Å². The molecule has 1 aliphatic rings. The summed E-state index contributed by atoms with van der Waals surface area (Å²) in [6.07, 6.45) is 3.19. The Labute approximate surface area is 135 Å². The third-order valence-electron chi connectivity index (χ3n) is 4.23. The van der Waals surface area contributed by atoms with Crippen LogP contribution < -0.4 is 10.2 Å². The number of rotatable bonds is 4. The van der Waals surface area contributed by atoms with E-state index in [4.69, 9.17) is 0 Å². The quantitative estimate of drug-likeness (QED) is 0.944. The molecular weight excluding hydrogens is 293 g/mol. The molecule has 0 saturated carbocycles. The summed E-state index contributed by atoms with van der Waals surface area (Å²) in [6.45, 7) is 1.85. The van der Waals surface area contributed by atoms with Gasteiger partial charge in [0.2, 0.25) is 5.91 Å². The summed E-state index contributed by atoms with van der Waals surface area (Å²) >= 11 is 0. The van der Waals surface area contributed by atoms with Gasteiger partial charge in [0.15, 0.2) is 0 Å². The summed E-state index contributed by atoms with van der Waals surface area (Å²) < 4.78 is 13.8. The summed E-state index contributed by atoms with van der Waals surface area (Å²) in [5.41, 5.74) is 1.48.